The number of amides is 1. The van der Waals surface area contributed by atoms with Crippen LogP contribution in [0.15, 0.2) is 18.3 Å². The van der Waals surface area contributed by atoms with Crippen LogP contribution >= 0.6 is 11.8 Å². The van der Waals surface area contributed by atoms with E-state index in [4.69, 9.17) is 4.74 Å². The van der Waals surface area contributed by atoms with Crippen molar-refractivity contribution in [3.63, 3.8) is 0 Å². The minimum absolute atomic E-state index is 0.0286. The normalized spacial score (nSPS) is 19.0. The molecule has 1 aliphatic heterocycles. The quantitative estimate of drug-likeness (QED) is 0.811. The predicted octanol–water partition coefficient (Wildman–Crippen LogP) is 0.369. The standard InChI is InChI=1S/C11H15N3O2S/c1-16-11-8(3-2-4-12-11)5-13-10(15)9-6-17-7-14-9/h2-4,9,14H,5-7H2,1H3,(H,13,15). The van der Waals surface area contributed by atoms with Crippen LogP contribution in [0.2, 0.25) is 0 Å². The Morgan fingerprint density at radius 1 is 1.76 bits per heavy atom. The van der Waals surface area contributed by atoms with Crippen molar-refractivity contribution in [3.05, 3.63) is 23.9 Å². The number of nitrogens with zero attached hydrogens (tertiary/aromatic N) is 1. The number of rotatable bonds is 4. The summed E-state index contributed by atoms with van der Waals surface area (Å²) in [7, 11) is 1.57. The van der Waals surface area contributed by atoms with E-state index >= 15 is 0 Å². The fraction of sp³-hybridized carbons (Fsp3) is 0.455. The van der Waals surface area contributed by atoms with Gasteiger partial charge in [-0.05, 0) is 6.07 Å². The monoisotopic (exact) mass is 253 g/mol. The lowest BCUT2D eigenvalue weighted by Gasteiger charge is -2.11. The summed E-state index contributed by atoms with van der Waals surface area (Å²) in [5, 5.41) is 6.01. The molecule has 0 spiro atoms. The lowest BCUT2D eigenvalue weighted by atomic mass is 10.2. The zero-order valence-corrected chi connectivity index (χ0v) is 10.4. The second-order valence-corrected chi connectivity index (χ2v) is 4.69. The highest BCUT2D eigenvalue weighted by atomic mass is 32.2. The van der Waals surface area contributed by atoms with Crippen molar-refractivity contribution >= 4 is 17.7 Å². The molecule has 0 radical (unpaired) electrons. The zero-order valence-electron chi connectivity index (χ0n) is 9.60. The van der Waals surface area contributed by atoms with Crippen LogP contribution in [0, 0.1) is 0 Å². The van der Waals surface area contributed by atoms with Crippen LogP contribution in [0.1, 0.15) is 5.56 Å². The SMILES string of the molecule is COc1ncccc1CNC(=O)C1CSCN1. The van der Waals surface area contributed by atoms with E-state index in [1.165, 1.54) is 0 Å². The third-order valence-corrected chi connectivity index (χ3v) is 3.47. The molecule has 6 heteroatoms. The Hall–Kier alpha value is -1.27. The van der Waals surface area contributed by atoms with Crippen LogP contribution in [-0.4, -0.2) is 35.7 Å². The van der Waals surface area contributed by atoms with Crippen molar-refractivity contribution in [2.75, 3.05) is 18.7 Å². The first-order valence-corrected chi connectivity index (χ1v) is 6.53. The van der Waals surface area contributed by atoms with Gasteiger partial charge in [-0.1, -0.05) is 6.07 Å². The second-order valence-electron chi connectivity index (χ2n) is 3.66. The van der Waals surface area contributed by atoms with E-state index in [9.17, 15) is 4.79 Å². The summed E-state index contributed by atoms with van der Waals surface area (Å²) in [6.45, 7) is 0.443. The Morgan fingerprint density at radius 2 is 2.65 bits per heavy atom. The number of carbonyl (C=O) groups excluding carboxylic acids is 1. The zero-order chi connectivity index (χ0) is 12.1. The molecule has 1 amide bonds. The fourth-order valence-electron chi connectivity index (χ4n) is 1.61. The molecule has 1 aliphatic rings. The smallest absolute Gasteiger partial charge is 0.238 e. The molecular weight excluding hydrogens is 238 g/mol. The average molecular weight is 253 g/mol. The van der Waals surface area contributed by atoms with E-state index in [-0.39, 0.29) is 11.9 Å². The Labute approximate surface area is 104 Å². The van der Waals surface area contributed by atoms with Crippen LogP contribution in [0.5, 0.6) is 5.88 Å². The topological polar surface area (TPSA) is 63.2 Å². The molecule has 1 saturated heterocycles. The lowest BCUT2D eigenvalue weighted by Crippen LogP contribution is -2.41. The number of methoxy groups -OCH3 is 1. The minimum atomic E-state index is -0.0809. The van der Waals surface area contributed by atoms with Gasteiger partial charge in [0.25, 0.3) is 0 Å². The summed E-state index contributed by atoms with van der Waals surface area (Å²) in [5.74, 6) is 2.26. The van der Waals surface area contributed by atoms with Crippen molar-refractivity contribution in [1.82, 2.24) is 15.6 Å². The molecule has 92 valence electrons. The lowest BCUT2D eigenvalue weighted by molar-refractivity contribution is -0.122. The van der Waals surface area contributed by atoms with Crippen molar-refractivity contribution in [2.45, 2.75) is 12.6 Å². The van der Waals surface area contributed by atoms with Crippen molar-refractivity contribution in [1.29, 1.82) is 0 Å². The molecule has 1 aromatic rings. The molecule has 0 aromatic carbocycles. The Balaban J connectivity index is 1.90. The van der Waals surface area contributed by atoms with Crippen LogP contribution in [0.4, 0.5) is 0 Å². The molecule has 17 heavy (non-hydrogen) atoms. The van der Waals surface area contributed by atoms with E-state index in [1.807, 2.05) is 12.1 Å². The van der Waals surface area contributed by atoms with Crippen LogP contribution in [0.25, 0.3) is 0 Å². The summed E-state index contributed by atoms with van der Waals surface area (Å²) < 4.78 is 5.12. The van der Waals surface area contributed by atoms with Gasteiger partial charge < -0.3 is 10.1 Å². The van der Waals surface area contributed by atoms with Gasteiger partial charge in [0.1, 0.15) is 0 Å². The third kappa shape index (κ3) is 3.10. The fourth-order valence-corrected chi connectivity index (χ4v) is 2.55. The molecule has 1 unspecified atom stereocenters. The van der Waals surface area contributed by atoms with Gasteiger partial charge in [0.05, 0.1) is 13.2 Å². The molecule has 1 aromatic heterocycles. The molecule has 1 atom stereocenters. The molecule has 0 saturated carbocycles. The van der Waals surface area contributed by atoms with Gasteiger partial charge in [-0.2, -0.15) is 0 Å². The second kappa shape index (κ2) is 5.88. The van der Waals surface area contributed by atoms with Gasteiger partial charge in [0.2, 0.25) is 11.8 Å². The predicted molar refractivity (Wildman–Crippen MR) is 66.9 cm³/mol. The number of hydrogen-bond acceptors (Lipinski definition) is 5. The Morgan fingerprint density at radius 3 is 3.35 bits per heavy atom. The molecule has 2 rings (SSSR count). The number of hydrogen-bond donors (Lipinski definition) is 2. The molecule has 0 bridgehead atoms. The third-order valence-electron chi connectivity index (χ3n) is 2.53. The molecular formula is C11H15N3O2S. The summed E-state index contributed by atoms with van der Waals surface area (Å²) in [6.07, 6.45) is 1.67. The first-order chi connectivity index (χ1) is 8.31. The van der Waals surface area contributed by atoms with Crippen LogP contribution in [-0.2, 0) is 11.3 Å². The largest absolute Gasteiger partial charge is 0.481 e. The highest BCUT2D eigenvalue weighted by molar-refractivity contribution is 7.99. The summed E-state index contributed by atoms with van der Waals surface area (Å²) in [4.78, 5) is 15.8. The van der Waals surface area contributed by atoms with Crippen LogP contribution < -0.4 is 15.4 Å². The van der Waals surface area contributed by atoms with E-state index in [0.717, 1.165) is 17.2 Å². The van der Waals surface area contributed by atoms with Gasteiger partial charge in [-0.25, -0.2) is 4.98 Å². The maximum atomic E-state index is 11.8. The highest BCUT2D eigenvalue weighted by Gasteiger charge is 2.22. The number of carbonyl (C=O) groups is 1. The number of aromatic nitrogens is 1. The first kappa shape index (κ1) is 12.2. The van der Waals surface area contributed by atoms with Crippen molar-refractivity contribution in [3.8, 4) is 5.88 Å². The van der Waals surface area contributed by atoms with Crippen molar-refractivity contribution in [2.24, 2.45) is 0 Å². The summed E-state index contributed by atoms with van der Waals surface area (Å²) in [6, 6.07) is 3.64. The molecule has 5 nitrogen and oxygen atoms in total. The number of ether oxygens (including phenoxy) is 1. The van der Waals surface area contributed by atoms with E-state index in [1.54, 1.807) is 25.1 Å². The van der Waals surface area contributed by atoms with Gasteiger partial charge in [0.15, 0.2) is 0 Å². The number of pyridine rings is 1. The van der Waals surface area contributed by atoms with Crippen molar-refractivity contribution < 1.29 is 9.53 Å². The van der Waals surface area contributed by atoms with Gasteiger partial charge in [0, 0.05) is 29.9 Å². The first-order valence-electron chi connectivity index (χ1n) is 5.38. The number of nitrogens with one attached hydrogen (secondary N) is 2. The Bertz CT molecular complexity index is 394. The van der Waals surface area contributed by atoms with Gasteiger partial charge >= 0.3 is 0 Å². The Kier molecular flexibility index (Phi) is 4.22. The number of thioether (sulfide) groups is 1. The maximum absolute atomic E-state index is 11.8. The summed E-state index contributed by atoms with van der Waals surface area (Å²) >= 11 is 1.73. The van der Waals surface area contributed by atoms with E-state index < -0.39 is 0 Å². The maximum Gasteiger partial charge on any atom is 0.238 e. The molecule has 2 heterocycles. The van der Waals surface area contributed by atoms with Gasteiger partial charge in [-0.15, -0.1) is 11.8 Å². The van der Waals surface area contributed by atoms with E-state index in [2.05, 4.69) is 15.6 Å². The highest BCUT2D eigenvalue weighted by Crippen LogP contribution is 2.14. The average Bonchev–Trinajstić information content (AvgIpc) is 2.90. The molecule has 1 fully saturated rings. The van der Waals surface area contributed by atoms with Crippen LogP contribution in [0.3, 0.4) is 0 Å². The van der Waals surface area contributed by atoms with E-state index in [0.29, 0.717) is 12.4 Å². The minimum Gasteiger partial charge on any atom is -0.481 e. The van der Waals surface area contributed by atoms with Gasteiger partial charge in [-0.3, -0.25) is 10.1 Å². The molecule has 2 N–H and O–H groups in total. The molecule has 0 aliphatic carbocycles. The summed E-state index contributed by atoms with van der Waals surface area (Å²) in [5.41, 5.74) is 0.883.